The van der Waals surface area contributed by atoms with Gasteiger partial charge in [0.1, 0.15) is 6.61 Å². The van der Waals surface area contributed by atoms with Crippen molar-refractivity contribution in [3.8, 4) is 0 Å². The Hall–Kier alpha value is -2.62. The van der Waals surface area contributed by atoms with Crippen LogP contribution in [0.4, 0.5) is 4.79 Å². The first-order valence-corrected chi connectivity index (χ1v) is 10.6. The van der Waals surface area contributed by atoms with Gasteiger partial charge in [-0.1, -0.05) is 56.3 Å². The molecule has 4 heteroatoms. The fourth-order valence-corrected chi connectivity index (χ4v) is 5.09. The number of allylic oxidation sites excluding steroid dienone is 4. The van der Waals surface area contributed by atoms with E-state index in [9.17, 15) is 9.59 Å². The number of fused-ring (bicyclic) bond motifs is 2. The predicted octanol–water partition coefficient (Wildman–Crippen LogP) is 5.47. The molecule has 29 heavy (non-hydrogen) atoms. The van der Waals surface area contributed by atoms with E-state index in [1.54, 1.807) is 6.08 Å². The number of likely N-dealkylation sites (tertiary alicyclic amines) is 1. The fourth-order valence-electron chi connectivity index (χ4n) is 5.09. The SMILES string of the molecule is C=CC[C@]1(C)CCCN(C(=O)OCC2C3=C(c4ccccc42)C(C)CC=C3)C1=O. The van der Waals surface area contributed by atoms with Crippen molar-refractivity contribution in [2.75, 3.05) is 13.2 Å². The molecule has 4 nitrogen and oxygen atoms in total. The van der Waals surface area contributed by atoms with Crippen molar-refractivity contribution in [1.29, 1.82) is 0 Å². The van der Waals surface area contributed by atoms with Gasteiger partial charge < -0.3 is 4.74 Å². The highest BCUT2D eigenvalue weighted by Crippen LogP contribution is 2.48. The van der Waals surface area contributed by atoms with Crippen molar-refractivity contribution in [2.45, 2.75) is 45.4 Å². The summed E-state index contributed by atoms with van der Waals surface area (Å²) in [6.07, 6.45) is 8.80. The maximum atomic E-state index is 12.9. The van der Waals surface area contributed by atoms with Gasteiger partial charge in [0.2, 0.25) is 5.91 Å². The van der Waals surface area contributed by atoms with Gasteiger partial charge in [-0.05, 0) is 53.9 Å². The van der Waals surface area contributed by atoms with Gasteiger partial charge in [0.15, 0.2) is 0 Å². The van der Waals surface area contributed by atoms with Crippen LogP contribution >= 0.6 is 0 Å². The number of ether oxygens (including phenoxy) is 1. The number of nitrogens with zero attached hydrogens (tertiary/aromatic N) is 1. The van der Waals surface area contributed by atoms with Gasteiger partial charge in [0.05, 0.1) is 5.41 Å². The van der Waals surface area contributed by atoms with E-state index in [0.29, 0.717) is 18.9 Å². The van der Waals surface area contributed by atoms with Gasteiger partial charge >= 0.3 is 6.09 Å². The van der Waals surface area contributed by atoms with E-state index in [1.807, 2.05) is 13.0 Å². The molecule has 0 N–H and O–H groups in total. The zero-order valence-corrected chi connectivity index (χ0v) is 17.3. The summed E-state index contributed by atoms with van der Waals surface area (Å²) >= 11 is 0. The molecule has 2 amide bonds. The maximum Gasteiger partial charge on any atom is 0.416 e. The second kappa shape index (κ2) is 7.66. The van der Waals surface area contributed by atoms with Crippen LogP contribution in [0.15, 0.2) is 54.6 Å². The number of amides is 2. The van der Waals surface area contributed by atoms with Gasteiger partial charge in [-0.3, -0.25) is 4.79 Å². The van der Waals surface area contributed by atoms with Crippen LogP contribution in [0.2, 0.25) is 0 Å². The van der Waals surface area contributed by atoms with Crippen LogP contribution in [0.1, 0.15) is 56.6 Å². The third kappa shape index (κ3) is 3.35. The molecule has 3 atom stereocenters. The summed E-state index contributed by atoms with van der Waals surface area (Å²) in [6.45, 7) is 8.60. The van der Waals surface area contributed by atoms with Crippen molar-refractivity contribution in [3.63, 3.8) is 0 Å². The minimum atomic E-state index is -0.559. The van der Waals surface area contributed by atoms with Crippen LogP contribution in [-0.4, -0.2) is 30.1 Å². The van der Waals surface area contributed by atoms with Crippen LogP contribution < -0.4 is 0 Å². The number of benzene rings is 1. The number of hydrogen-bond acceptors (Lipinski definition) is 3. The summed E-state index contributed by atoms with van der Waals surface area (Å²) in [7, 11) is 0. The van der Waals surface area contributed by atoms with Crippen LogP contribution in [0.3, 0.4) is 0 Å². The summed E-state index contributed by atoms with van der Waals surface area (Å²) in [5.74, 6) is 0.343. The first kappa shape index (κ1) is 19.7. The molecule has 2 unspecified atom stereocenters. The number of hydrogen-bond donors (Lipinski definition) is 0. The number of rotatable bonds is 4. The molecule has 0 radical (unpaired) electrons. The molecule has 3 aliphatic rings. The quantitative estimate of drug-likeness (QED) is 0.639. The first-order chi connectivity index (χ1) is 14.0. The number of carbonyl (C=O) groups is 2. The van der Waals surface area contributed by atoms with Gasteiger partial charge in [0, 0.05) is 12.5 Å². The van der Waals surface area contributed by atoms with Crippen molar-refractivity contribution in [2.24, 2.45) is 11.3 Å². The molecule has 4 rings (SSSR count). The Morgan fingerprint density at radius 3 is 2.97 bits per heavy atom. The summed E-state index contributed by atoms with van der Waals surface area (Å²) in [6, 6.07) is 8.39. The van der Waals surface area contributed by atoms with E-state index in [4.69, 9.17) is 4.74 Å². The molecule has 1 fully saturated rings. The molecule has 0 aromatic heterocycles. The molecule has 0 bridgehead atoms. The highest BCUT2D eigenvalue weighted by atomic mass is 16.6. The smallest absolute Gasteiger partial charge is 0.416 e. The van der Waals surface area contributed by atoms with Crippen LogP contribution in [0.25, 0.3) is 5.57 Å². The molecule has 0 spiro atoms. The predicted molar refractivity (Wildman–Crippen MR) is 114 cm³/mol. The van der Waals surface area contributed by atoms with Crippen LogP contribution in [0, 0.1) is 11.3 Å². The topological polar surface area (TPSA) is 46.6 Å². The zero-order valence-electron chi connectivity index (χ0n) is 17.3. The van der Waals surface area contributed by atoms with E-state index in [1.165, 1.54) is 27.2 Å². The lowest BCUT2D eigenvalue weighted by atomic mass is 9.78. The summed E-state index contributed by atoms with van der Waals surface area (Å²) < 4.78 is 5.72. The van der Waals surface area contributed by atoms with Crippen LogP contribution in [-0.2, 0) is 9.53 Å². The second-order valence-corrected chi connectivity index (χ2v) is 8.74. The molecular formula is C25H29NO3. The van der Waals surface area contributed by atoms with Crippen molar-refractivity contribution in [3.05, 3.63) is 65.8 Å². The lowest BCUT2D eigenvalue weighted by molar-refractivity contribution is -0.142. The summed E-state index contributed by atoms with van der Waals surface area (Å²) in [5, 5.41) is 0. The average Bonchev–Trinajstić information content (AvgIpc) is 3.03. The number of carbonyl (C=O) groups excluding carboxylic acids is 2. The standard InChI is InChI=1S/C25H29NO3/c1-4-13-25(3)14-8-15-26(23(25)27)24(28)29-16-21-18-10-5-6-11-19(18)22-17(2)9-7-12-20(21)22/h4-7,10-12,17,21H,1,8-9,13-16H2,2-3H3/t17?,21?,25-/m1/s1. The first-order valence-electron chi connectivity index (χ1n) is 10.6. The van der Waals surface area contributed by atoms with Gasteiger partial charge in [-0.15, -0.1) is 6.58 Å². The molecule has 1 aromatic rings. The van der Waals surface area contributed by atoms with Crippen molar-refractivity contribution >= 4 is 17.6 Å². The zero-order chi connectivity index (χ0) is 20.6. The minimum absolute atomic E-state index is 0.0311. The largest absolute Gasteiger partial charge is 0.448 e. The number of piperidine rings is 1. The molecule has 152 valence electrons. The second-order valence-electron chi connectivity index (χ2n) is 8.74. The minimum Gasteiger partial charge on any atom is -0.448 e. The normalized spacial score (nSPS) is 28.2. The number of imide groups is 1. The highest BCUT2D eigenvalue weighted by Gasteiger charge is 2.42. The Bertz CT molecular complexity index is 912. The van der Waals surface area contributed by atoms with Crippen LogP contribution in [0.5, 0.6) is 0 Å². The van der Waals surface area contributed by atoms with E-state index in [-0.39, 0.29) is 18.4 Å². The third-order valence-electron chi connectivity index (χ3n) is 6.65. The van der Waals surface area contributed by atoms with Gasteiger partial charge in [-0.2, -0.15) is 0 Å². The highest BCUT2D eigenvalue weighted by molar-refractivity contribution is 5.96. The molecule has 1 aliphatic heterocycles. The maximum absolute atomic E-state index is 12.9. The molecule has 1 aromatic carbocycles. The van der Waals surface area contributed by atoms with E-state index in [2.05, 4.69) is 43.9 Å². The monoisotopic (exact) mass is 391 g/mol. The van der Waals surface area contributed by atoms with Gasteiger partial charge in [0.25, 0.3) is 0 Å². The Morgan fingerprint density at radius 2 is 2.17 bits per heavy atom. The van der Waals surface area contributed by atoms with Crippen molar-refractivity contribution in [1.82, 2.24) is 4.90 Å². The van der Waals surface area contributed by atoms with Crippen molar-refractivity contribution < 1.29 is 14.3 Å². The Labute approximate surface area is 172 Å². The van der Waals surface area contributed by atoms with E-state index < -0.39 is 11.5 Å². The van der Waals surface area contributed by atoms with Gasteiger partial charge in [-0.25, -0.2) is 9.69 Å². The summed E-state index contributed by atoms with van der Waals surface area (Å²) in [5.41, 5.74) is 4.55. The lowest BCUT2D eigenvalue weighted by Crippen LogP contribution is -2.50. The third-order valence-corrected chi connectivity index (χ3v) is 6.65. The molecule has 0 saturated carbocycles. The molecular weight excluding hydrogens is 362 g/mol. The molecule has 1 heterocycles. The Balaban J connectivity index is 1.52. The molecule has 1 saturated heterocycles. The Kier molecular flexibility index (Phi) is 5.20. The Morgan fingerprint density at radius 1 is 1.38 bits per heavy atom. The average molecular weight is 392 g/mol. The summed E-state index contributed by atoms with van der Waals surface area (Å²) in [4.78, 5) is 27.0. The van der Waals surface area contributed by atoms with E-state index >= 15 is 0 Å². The lowest BCUT2D eigenvalue weighted by Gasteiger charge is -2.37. The van der Waals surface area contributed by atoms with E-state index in [0.717, 1.165) is 19.3 Å². The fraction of sp³-hybridized carbons (Fsp3) is 0.440. The molecule has 2 aliphatic carbocycles.